The van der Waals surface area contributed by atoms with Crippen LogP contribution in [0.4, 0.5) is 0 Å². The number of morpholine rings is 1. The summed E-state index contributed by atoms with van der Waals surface area (Å²) in [5, 5.41) is 0. The fourth-order valence-corrected chi connectivity index (χ4v) is 3.56. The van der Waals surface area contributed by atoms with E-state index in [1.807, 2.05) is 30.3 Å². The van der Waals surface area contributed by atoms with Gasteiger partial charge in [0.05, 0.1) is 12.7 Å². The highest BCUT2D eigenvalue weighted by molar-refractivity contribution is 5.29. The van der Waals surface area contributed by atoms with Crippen LogP contribution in [0.3, 0.4) is 0 Å². The topological polar surface area (TPSA) is 21.7 Å². The molecule has 0 aliphatic carbocycles. The van der Waals surface area contributed by atoms with Crippen molar-refractivity contribution >= 4 is 0 Å². The van der Waals surface area contributed by atoms with Crippen LogP contribution in [-0.2, 0) is 17.8 Å². The van der Waals surface area contributed by atoms with Crippen LogP contribution in [0.5, 0.6) is 5.75 Å². The summed E-state index contributed by atoms with van der Waals surface area (Å²) in [4.78, 5) is 2.50. The zero-order valence-corrected chi connectivity index (χ0v) is 16.2. The third-order valence-electron chi connectivity index (χ3n) is 5.21. The van der Waals surface area contributed by atoms with Gasteiger partial charge in [-0.25, -0.2) is 0 Å². The van der Waals surface area contributed by atoms with Crippen LogP contribution < -0.4 is 4.74 Å². The zero-order chi connectivity index (χ0) is 19.0. The van der Waals surface area contributed by atoms with Crippen LogP contribution in [-0.4, -0.2) is 31.1 Å². The van der Waals surface area contributed by atoms with Crippen molar-refractivity contribution in [2.75, 3.05) is 26.2 Å². The van der Waals surface area contributed by atoms with Gasteiger partial charge in [0, 0.05) is 19.6 Å². The summed E-state index contributed by atoms with van der Waals surface area (Å²) in [5.41, 5.74) is 3.79. The maximum Gasteiger partial charge on any atom is 0.119 e. The summed E-state index contributed by atoms with van der Waals surface area (Å²) in [6, 6.07) is 29.3. The number of hydrogen-bond acceptors (Lipinski definition) is 3. The minimum atomic E-state index is 0.132. The molecule has 0 unspecified atom stereocenters. The molecule has 1 aliphatic heterocycles. The minimum absolute atomic E-state index is 0.132. The Morgan fingerprint density at radius 2 is 1.50 bits per heavy atom. The van der Waals surface area contributed by atoms with E-state index < -0.39 is 0 Å². The van der Waals surface area contributed by atoms with E-state index in [0.29, 0.717) is 6.61 Å². The van der Waals surface area contributed by atoms with Gasteiger partial charge in [-0.15, -0.1) is 0 Å². The lowest BCUT2D eigenvalue weighted by molar-refractivity contribution is -0.0295. The summed E-state index contributed by atoms with van der Waals surface area (Å²) in [7, 11) is 0. The summed E-state index contributed by atoms with van der Waals surface area (Å²) >= 11 is 0. The van der Waals surface area contributed by atoms with Crippen LogP contribution in [0.25, 0.3) is 0 Å². The molecule has 144 valence electrons. The second-order valence-corrected chi connectivity index (χ2v) is 7.24. The molecule has 3 heteroatoms. The summed E-state index contributed by atoms with van der Waals surface area (Å²) in [6.07, 6.45) is 1.22. The van der Waals surface area contributed by atoms with Gasteiger partial charge in [-0.3, -0.25) is 4.90 Å². The molecule has 0 radical (unpaired) electrons. The summed E-state index contributed by atoms with van der Waals surface area (Å²) < 4.78 is 11.9. The van der Waals surface area contributed by atoms with E-state index in [-0.39, 0.29) is 6.10 Å². The molecule has 28 heavy (non-hydrogen) atoms. The normalized spacial score (nSPS) is 17.4. The molecule has 1 fully saturated rings. The van der Waals surface area contributed by atoms with Gasteiger partial charge >= 0.3 is 0 Å². The molecule has 0 N–H and O–H groups in total. The Kier molecular flexibility index (Phi) is 6.38. The van der Waals surface area contributed by atoms with Crippen molar-refractivity contribution in [3.63, 3.8) is 0 Å². The van der Waals surface area contributed by atoms with Crippen molar-refractivity contribution in [3.8, 4) is 5.75 Å². The van der Waals surface area contributed by atoms with Crippen LogP contribution in [0.1, 0.15) is 22.8 Å². The second-order valence-electron chi connectivity index (χ2n) is 7.24. The lowest BCUT2D eigenvalue weighted by atomic mass is 10.1. The first kappa shape index (κ1) is 18.7. The van der Waals surface area contributed by atoms with E-state index in [1.54, 1.807) is 0 Å². The lowest BCUT2D eigenvalue weighted by Crippen LogP contribution is -2.39. The first-order valence-corrected chi connectivity index (χ1v) is 10.0. The van der Waals surface area contributed by atoms with Gasteiger partial charge in [-0.2, -0.15) is 0 Å². The number of benzene rings is 3. The maximum absolute atomic E-state index is 6.03. The lowest BCUT2D eigenvalue weighted by Gasteiger charge is -2.33. The first-order valence-electron chi connectivity index (χ1n) is 10.0. The predicted molar refractivity (Wildman–Crippen MR) is 112 cm³/mol. The molecule has 1 heterocycles. The van der Waals surface area contributed by atoms with Crippen molar-refractivity contribution < 1.29 is 9.47 Å². The summed E-state index contributed by atoms with van der Waals surface area (Å²) in [5.74, 6) is 0.893. The average Bonchev–Trinajstić information content (AvgIpc) is 2.78. The third-order valence-corrected chi connectivity index (χ3v) is 5.21. The monoisotopic (exact) mass is 373 g/mol. The van der Waals surface area contributed by atoms with E-state index in [9.17, 15) is 0 Å². The smallest absolute Gasteiger partial charge is 0.119 e. The third kappa shape index (κ3) is 5.22. The van der Waals surface area contributed by atoms with Crippen LogP contribution in [0.2, 0.25) is 0 Å². The van der Waals surface area contributed by atoms with Crippen molar-refractivity contribution in [1.82, 2.24) is 4.90 Å². The molecule has 0 spiro atoms. The van der Waals surface area contributed by atoms with Gasteiger partial charge < -0.3 is 9.47 Å². The molecule has 0 bridgehead atoms. The van der Waals surface area contributed by atoms with E-state index in [2.05, 4.69) is 59.5 Å². The Bertz CT molecular complexity index is 833. The molecular weight excluding hydrogens is 346 g/mol. The number of hydrogen-bond donors (Lipinski definition) is 0. The van der Waals surface area contributed by atoms with Crippen molar-refractivity contribution in [1.29, 1.82) is 0 Å². The largest absolute Gasteiger partial charge is 0.489 e. The molecule has 0 aromatic heterocycles. The van der Waals surface area contributed by atoms with Crippen molar-refractivity contribution in [2.24, 2.45) is 0 Å². The van der Waals surface area contributed by atoms with Crippen LogP contribution in [0, 0.1) is 0 Å². The van der Waals surface area contributed by atoms with Crippen molar-refractivity contribution in [2.45, 2.75) is 19.1 Å². The number of nitrogens with zero attached hydrogens (tertiary/aromatic N) is 1. The SMILES string of the molecule is c1ccc(CCN2CCO[C@H](c3ccc(OCc4ccccc4)cc3)C2)cc1. The Morgan fingerprint density at radius 1 is 0.821 bits per heavy atom. The quantitative estimate of drug-likeness (QED) is 0.589. The zero-order valence-electron chi connectivity index (χ0n) is 16.2. The Balaban J connectivity index is 1.29. The van der Waals surface area contributed by atoms with Gasteiger partial charge in [0.25, 0.3) is 0 Å². The van der Waals surface area contributed by atoms with Crippen LogP contribution in [0.15, 0.2) is 84.9 Å². The van der Waals surface area contributed by atoms with Gasteiger partial charge in [-0.1, -0.05) is 72.8 Å². The van der Waals surface area contributed by atoms with Crippen LogP contribution >= 0.6 is 0 Å². The standard InChI is InChI=1S/C25H27NO2/c1-3-7-21(8-4-1)15-16-26-17-18-27-25(19-26)23-11-13-24(14-12-23)28-20-22-9-5-2-6-10-22/h1-14,25H,15-20H2/t25-/m0/s1. The molecule has 1 aliphatic rings. The molecule has 0 saturated carbocycles. The fourth-order valence-electron chi connectivity index (χ4n) is 3.56. The molecule has 3 aromatic carbocycles. The van der Waals surface area contributed by atoms with Gasteiger partial charge in [0.15, 0.2) is 0 Å². The fraction of sp³-hybridized carbons (Fsp3) is 0.280. The molecule has 1 saturated heterocycles. The van der Waals surface area contributed by atoms with E-state index >= 15 is 0 Å². The Morgan fingerprint density at radius 3 is 2.21 bits per heavy atom. The van der Waals surface area contributed by atoms with Gasteiger partial charge in [-0.05, 0) is 35.2 Å². The molecule has 1 atom stereocenters. The minimum Gasteiger partial charge on any atom is -0.489 e. The Hall–Kier alpha value is -2.62. The highest BCUT2D eigenvalue weighted by Gasteiger charge is 2.21. The van der Waals surface area contributed by atoms with E-state index in [1.165, 1.54) is 16.7 Å². The number of ether oxygens (including phenoxy) is 2. The first-order chi connectivity index (χ1) is 13.9. The van der Waals surface area contributed by atoms with Gasteiger partial charge in [0.1, 0.15) is 12.4 Å². The Labute approximate surface area is 167 Å². The van der Waals surface area contributed by atoms with E-state index in [4.69, 9.17) is 9.47 Å². The van der Waals surface area contributed by atoms with Crippen molar-refractivity contribution in [3.05, 3.63) is 102 Å². The molecule has 3 nitrogen and oxygen atoms in total. The van der Waals surface area contributed by atoms with E-state index in [0.717, 1.165) is 38.4 Å². The maximum atomic E-state index is 6.03. The second kappa shape index (κ2) is 9.54. The summed E-state index contributed by atoms with van der Waals surface area (Å²) in [6.45, 7) is 4.39. The van der Waals surface area contributed by atoms with Gasteiger partial charge in [0.2, 0.25) is 0 Å². The molecule has 3 aromatic rings. The predicted octanol–water partition coefficient (Wildman–Crippen LogP) is 4.88. The average molecular weight is 373 g/mol. The molecular formula is C25H27NO2. The highest BCUT2D eigenvalue weighted by atomic mass is 16.5. The molecule has 0 amide bonds. The number of rotatable bonds is 7. The molecule has 4 rings (SSSR count). The highest BCUT2D eigenvalue weighted by Crippen LogP contribution is 2.25.